The van der Waals surface area contributed by atoms with Gasteiger partial charge in [-0.2, -0.15) is 17.0 Å². The Morgan fingerprint density at radius 2 is 2.40 bits per heavy atom. The summed E-state index contributed by atoms with van der Waals surface area (Å²) in [6, 6.07) is 2.19. The second kappa shape index (κ2) is 4.89. The molecule has 2 fully saturated rings. The van der Waals surface area contributed by atoms with Gasteiger partial charge in [-0.1, -0.05) is 6.42 Å². The van der Waals surface area contributed by atoms with Gasteiger partial charge in [-0.05, 0) is 18.6 Å². The number of amides is 1. The minimum atomic E-state index is -0.0638. The van der Waals surface area contributed by atoms with Gasteiger partial charge in [-0.25, -0.2) is 0 Å². The normalized spacial score (nSPS) is 31.7. The van der Waals surface area contributed by atoms with E-state index in [0.717, 1.165) is 6.54 Å². The molecule has 3 nitrogen and oxygen atoms in total. The Morgan fingerprint density at radius 1 is 1.53 bits per heavy atom. The second-order valence-electron chi connectivity index (χ2n) is 4.32. The van der Waals surface area contributed by atoms with Crippen LogP contribution >= 0.6 is 11.8 Å². The summed E-state index contributed by atoms with van der Waals surface area (Å²) in [5, 5.41) is 9.38. The summed E-state index contributed by atoms with van der Waals surface area (Å²) in [5.74, 6) is 1.34. The number of hydrogen-bond acceptors (Lipinski definition) is 3. The maximum absolute atomic E-state index is 11.6. The number of rotatable bonds is 2. The van der Waals surface area contributed by atoms with Crippen molar-refractivity contribution in [3.8, 4) is 6.07 Å². The fourth-order valence-electron chi connectivity index (χ4n) is 2.23. The molecule has 0 aromatic carbocycles. The van der Waals surface area contributed by atoms with Crippen LogP contribution < -0.4 is 0 Å². The van der Waals surface area contributed by atoms with E-state index in [1.165, 1.54) is 25.0 Å². The molecule has 2 saturated heterocycles. The zero-order chi connectivity index (χ0) is 10.7. The zero-order valence-corrected chi connectivity index (χ0v) is 9.63. The lowest BCUT2D eigenvalue weighted by molar-refractivity contribution is -0.127. The van der Waals surface area contributed by atoms with Crippen LogP contribution in [0.15, 0.2) is 0 Å². The van der Waals surface area contributed by atoms with E-state index in [9.17, 15) is 4.79 Å². The van der Waals surface area contributed by atoms with Gasteiger partial charge in [-0.3, -0.25) is 4.79 Å². The Balaban J connectivity index is 1.84. The van der Waals surface area contributed by atoms with Crippen molar-refractivity contribution in [2.24, 2.45) is 5.92 Å². The number of carbonyl (C=O) groups excluding carboxylic acids is 1. The Bertz CT molecular complexity index is 281. The SMILES string of the molecule is N#CC1CC(=O)N(CC2CCCCS2)C1. The third-order valence-electron chi connectivity index (χ3n) is 3.10. The smallest absolute Gasteiger partial charge is 0.224 e. The third-order valence-corrected chi connectivity index (χ3v) is 4.48. The summed E-state index contributed by atoms with van der Waals surface area (Å²) in [5.41, 5.74) is 0. The van der Waals surface area contributed by atoms with Gasteiger partial charge < -0.3 is 4.90 Å². The Hall–Kier alpha value is -0.690. The van der Waals surface area contributed by atoms with Crippen molar-refractivity contribution in [2.45, 2.75) is 30.9 Å². The molecule has 0 bridgehead atoms. The molecular weight excluding hydrogens is 208 g/mol. The molecule has 2 rings (SSSR count). The largest absolute Gasteiger partial charge is 0.340 e. The monoisotopic (exact) mass is 224 g/mol. The van der Waals surface area contributed by atoms with Gasteiger partial charge in [0.2, 0.25) is 5.91 Å². The van der Waals surface area contributed by atoms with Crippen molar-refractivity contribution in [2.75, 3.05) is 18.8 Å². The van der Waals surface area contributed by atoms with Crippen molar-refractivity contribution in [1.82, 2.24) is 4.90 Å². The van der Waals surface area contributed by atoms with Gasteiger partial charge in [0, 0.05) is 24.8 Å². The molecule has 0 aliphatic carbocycles. The number of nitrogens with zero attached hydrogens (tertiary/aromatic N) is 2. The van der Waals surface area contributed by atoms with E-state index < -0.39 is 0 Å². The van der Waals surface area contributed by atoms with E-state index in [2.05, 4.69) is 6.07 Å². The zero-order valence-electron chi connectivity index (χ0n) is 8.82. The van der Waals surface area contributed by atoms with Crippen molar-refractivity contribution in [3.05, 3.63) is 0 Å². The van der Waals surface area contributed by atoms with Crippen LogP contribution in [-0.4, -0.2) is 34.9 Å². The molecule has 15 heavy (non-hydrogen) atoms. The Labute approximate surface area is 94.8 Å². The predicted octanol–water partition coefficient (Wildman–Crippen LogP) is 1.64. The van der Waals surface area contributed by atoms with Crippen molar-refractivity contribution < 1.29 is 4.79 Å². The van der Waals surface area contributed by atoms with E-state index in [4.69, 9.17) is 5.26 Å². The van der Waals surface area contributed by atoms with E-state index >= 15 is 0 Å². The maximum atomic E-state index is 11.6. The molecule has 0 N–H and O–H groups in total. The lowest BCUT2D eigenvalue weighted by atomic mass is 10.1. The predicted molar refractivity (Wildman–Crippen MR) is 60.4 cm³/mol. The van der Waals surface area contributed by atoms with Gasteiger partial charge in [0.15, 0.2) is 0 Å². The lowest BCUT2D eigenvalue weighted by Gasteiger charge is -2.26. The first kappa shape index (κ1) is 10.8. The van der Waals surface area contributed by atoms with Crippen LogP contribution in [0.4, 0.5) is 0 Å². The molecule has 0 aromatic heterocycles. The molecule has 1 amide bonds. The standard InChI is InChI=1S/C11H16N2OS/c12-6-9-5-11(14)13(7-9)8-10-3-1-2-4-15-10/h9-10H,1-5,7-8H2. The van der Waals surface area contributed by atoms with Crippen LogP contribution in [0.3, 0.4) is 0 Å². The van der Waals surface area contributed by atoms with E-state index in [1.54, 1.807) is 0 Å². The highest BCUT2D eigenvalue weighted by Crippen LogP contribution is 2.27. The number of likely N-dealkylation sites (tertiary alicyclic amines) is 1. The maximum Gasteiger partial charge on any atom is 0.224 e. The third kappa shape index (κ3) is 2.66. The van der Waals surface area contributed by atoms with Gasteiger partial charge in [-0.15, -0.1) is 0 Å². The Morgan fingerprint density at radius 3 is 3.00 bits per heavy atom. The quantitative estimate of drug-likeness (QED) is 0.716. The molecule has 4 heteroatoms. The summed E-state index contributed by atoms with van der Waals surface area (Å²) in [6.45, 7) is 1.52. The minimum Gasteiger partial charge on any atom is -0.340 e. The van der Waals surface area contributed by atoms with Crippen LogP contribution in [0.5, 0.6) is 0 Å². The molecule has 2 aliphatic rings. The summed E-state index contributed by atoms with van der Waals surface area (Å²) in [4.78, 5) is 13.5. The highest BCUT2D eigenvalue weighted by molar-refractivity contribution is 7.99. The molecule has 2 aliphatic heterocycles. The number of hydrogen-bond donors (Lipinski definition) is 0. The first-order valence-corrected chi connectivity index (χ1v) is 6.63. The van der Waals surface area contributed by atoms with Crippen LogP contribution in [0.25, 0.3) is 0 Å². The highest BCUT2D eigenvalue weighted by atomic mass is 32.2. The molecule has 2 unspecified atom stereocenters. The minimum absolute atomic E-state index is 0.0638. The van der Waals surface area contributed by atoms with Crippen LogP contribution in [0.1, 0.15) is 25.7 Å². The van der Waals surface area contributed by atoms with Crippen LogP contribution in [0.2, 0.25) is 0 Å². The van der Waals surface area contributed by atoms with Crippen molar-refractivity contribution >= 4 is 17.7 Å². The van der Waals surface area contributed by atoms with Crippen molar-refractivity contribution in [1.29, 1.82) is 5.26 Å². The molecule has 0 saturated carbocycles. The lowest BCUT2D eigenvalue weighted by Crippen LogP contribution is -2.33. The molecule has 2 heterocycles. The fraction of sp³-hybridized carbons (Fsp3) is 0.818. The average Bonchev–Trinajstić information content (AvgIpc) is 2.61. The van der Waals surface area contributed by atoms with E-state index in [-0.39, 0.29) is 11.8 Å². The molecule has 0 spiro atoms. The molecule has 82 valence electrons. The topological polar surface area (TPSA) is 44.1 Å². The van der Waals surface area contributed by atoms with E-state index in [1.807, 2.05) is 16.7 Å². The Kier molecular flexibility index (Phi) is 3.53. The van der Waals surface area contributed by atoms with Gasteiger partial charge in [0.05, 0.1) is 12.0 Å². The van der Waals surface area contributed by atoms with Gasteiger partial charge in [0.25, 0.3) is 0 Å². The summed E-state index contributed by atoms with van der Waals surface area (Å²) < 4.78 is 0. The average molecular weight is 224 g/mol. The summed E-state index contributed by atoms with van der Waals surface area (Å²) in [6.07, 6.45) is 4.27. The molecule has 0 aromatic rings. The van der Waals surface area contributed by atoms with Crippen molar-refractivity contribution in [3.63, 3.8) is 0 Å². The summed E-state index contributed by atoms with van der Waals surface area (Å²) in [7, 11) is 0. The van der Waals surface area contributed by atoms with E-state index in [0.29, 0.717) is 18.2 Å². The summed E-state index contributed by atoms with van der Waals surface area (Å²) >= 11 is 1.98. The molecule has 2 atom stereocenters. The van der Waals surface area contributed by atoms with Gasteiger partial charge >= 0.3 is 0 Å². The number of thioether (sulfide) groups is 1. The van der Waals surface area contributed by atoms with Gasteiger partial charge in [0.1, 0.15) is 0 Å². The molecular formula is C11H16N2OS. The van der Waals surface area contributed by atoms with Crippen LogP contribution in [-0.2, 0) is 4.79 Å². The fourth-order valence-corrected chi connectivity index (χ4v) is 3.56. The second-order valence-corrected chi connectivity index (χ2v) is 5.73. The van der Waals surface area contributed by atoms with Crippen LogP contribution in [0, 0.1) is 17.2 Å². The first-order chi connectivity index (χ1) is 7.29. The first-order valence-electron chi connectivity index (χ1n) is 5.58. The highest BCUT2D eigenvalue weighted by Gasteiger charge is 2.31. The molecule has 0 radical (unpaired) electrons. The number of carbonyl (C=O) groups is 1. The number of nitriles is 1.